The van der Waals surface area contributed by atoms with Gasteiger partial charge in [0.25, 0.3) is 0 Å². The molecule has 2 fully saturated rings. The highest BCUT2D eigenvalue weighted by molar-refractivity contribution is 5.92. The number of aliphatic hydroxyl groups excluding tert-OH is 1. The van der Waals surface area contributed by atoms with Crippen molar-refractivity contribution >= 4 is 5.91 Å². The summed E-state index contributed by atoms with van der Waals surface area (Å²) >= 11 is 0. The van der Waals surface area contributed by atoms with Crippen molar-refractivity contribution in [1.82, 2.24) is 4.90 Å². The molecular formula is C14H14F3NO2. The molecule has 1 saturated carbocycles. The lowest BCUT2D eigenvalue weighted by Crippen LogP contribution is -2.56. The van der Waals surface area contributed by atoms with E-state index in [9.17, 15) is 23.1 Å². The van der Waals surface area contributed by atoms with Crippen molar-refractivity contribution in [1.29, 1.82) is 0 Å². The van der Waals surface area contributed by atoms with Crippen LogP contribution in [0.3, 0.4) is 0 Å². The fourth-order valence-electron chi connectivity index (χ4n) is 2.67. The number of nitrogens with zero attached hydrogens (tertiary/aromatic N) is 1. The maximum atomic E-state index is 12.7. The number of halogens is 3. The number of hydrogen-bond acceptors (Lipinski definition) is 2. The highest BCUT2D eigenvalue weighted by Crippen LogP contribution is 2.51. The zero-order valence-corrected chi connectivity index (χ0v) is 10.7. The summed E-state index contributed by atoms with van der Waals surface area (Å²) in [6, 6.07) is 5.01. The molecule has 1 aromatic rings. The van der Waals surface area contributed by atoms with E-state index in [4.69, 9.17) is 0 Å². The molecule has 0 radical (unpaired) electrons. The van der Waals surface area contributed by atoms with E-state index in [1.807, 2.05) is 0 Å². The Balaban J connectivity index is 1.87. The van der Waals surface area contributed by atoms with Crippen molar-refractivity contribution in [2.45, 2.75) is 30.5 Å². The largest absolute Gasteiger partial charge is 0.416 e. The van der Waals surface area contributed by atoms with Crippen molar-refractivity contribution in [3.63, 3.8) is 0 Å². The molecule has 0 unspecified atom stereocenters. The summed E-state index contributed by atoms with van der Waals surface area (Å²) in [6.07, 6.45) is -3.77. The normalized spacial score (nSPS) is 21.5. The van der Waals surface area contributed by atoms with E-state index < -0.39 is 23.3 Å². The van der Waals surface area contributed by atoms with Crippen LogP contribution in [0, 0.1) is 0 Å². The van der Waals surface area contributed by atoms with Gasteiger partial charge in [-0.15, -0.1) is 0 Å². The quantitative estimate of drug-likeness (QED) is 0.902. The minimum Gasteiger partial charge on any atom is -0.389 e. The van der Waals surface area contributed by atoms with Crippen molar-refractivity contribution < 1.29 is 23.1 Å². The Bertz CT molecular complexity index is 546. The molecule has 20 heavy (non-hydrogen) atoms. The molecule has 0 spiro atoms. The number of hydrogen-bond donors (Lipinski definition) is 1. The number of carbonyl (C=O) groups is 1. The van der Waals surface area contributed by atoms with E-state index in [1.54, 1.807) is 6.07 Å². The Hall–Kier alpha value is -1.56. The second-order valence-electron chi connectivity index (χ2n) is 5.52. The predicted octanol–water partition coefficient (Wildman–Crippen LogP) is 1.94. The summed E-state index contributed by atoms with van der Waals surface area (Å²) in [5.41, 5.74) is -1.10. The van der Waals surface area contributed by atoms with Crippen LogP contribution >= 0.6 is 0 Å². The molecule has 3 nitrogen and oxygen atoms in total. The molecule has 3 rings (SSSR count). The smallest absolute Gasteiger partial charge is 0.389 e. The molecule has 1 aromatic carbocycles. The predicted molar refractivity (Wildman–Crippen MR) is 64.9 cm³/mol. The van der Waals surface area contributed by atoms with Gasteiger partial charge < -0.3 is 10.0 Å². The first-order chi connectivity index (χ1) is 9.33. The Kier molecular flexibility index (Phi) is 2.83. The van der Waals surface area contributed by atoms with E-state index in [0.29, 0.717) is 18.4 Å². The summed E-state index contributed by atoms with van der Waals surface area (Å²) in [5, 5.41) is 9.23. The van der Waals surface area contributed by atoms with Crippen LogP contribution in [0.1, 0.15) is 24.0 Å². The van der Waals surface area contributed by atoms with Crippen LogP contribution in [-0.4, -0.2) is 35.1 Å². The van der Waals surface area contributed by atoms with Crippen molar-refractivity contribution in [2.24, 2.45) is 0 Å². The Labute approximate surface area is 114 Å². The average molecular weight is 285 g/mol. The molecule has 0 aromatic heterocycles. The Morgan fingerprint density at radius 1 is 1.30 bits per heavy atom. The Morgan fingerprint density at radius 3 is 2.45 bits per heavy atom. The molecule has 1 heterocycles. The first kappa shape index (κ1) is 13.4. The molecule has 2 aliphatic rings. The number of amides is 1. The van der Waals surface area contributed by atoms with Gasteiger partial charge in [0.2, 0.25) is 5.91 Å². The van der Waals surface area contributed by atoms with Crippen molar-refractivity contribution in [2.75, 3.05) is 13.1 Å². The second-order valence-corrected chi connectivity index (χ2v) is 5.52. The molecule has 108 valence electrons. The van der Waals surface area contributed by atoms with Gasteiger partial charge in [-0.3, -0.25) is 4.79 Å². The maximum absolute atomic E-state index is 12.7. The number of carbonyl (C=O) groups excluding carboxylic acids is 1. The van der Waals surface area contributed by atoms with Gasteiger partial charge in [-0.25, -0.2) is 0 Å². The summed E-state index contributed by atoms with van der Waals surface area (Å²) in [6.45, 7) is 0.555. The van der Waals surface area contributed by atoms with Crippen LogP contribution in [0.25, 0.3) is 0 Å². The molecule has 0 atom stereocenters. The number of rotatable bonds is 2. The first-order valence-corrected chi connectivity index (χ1v) is 6.48. The molecule has 1 aliphatic carbocycles. The zero-order chi connectivity index (χ0) is 14.5. The topological polar surface area (TPSA) is 40.5 Å². The van der Waals surface area contributed by atoms with Crippen LogP contribution < -0.4 is 0 Å². The summed E-state index contributed by atoms with van der Waals surface area (Å²) in [4.78, 5) is 13.9. The number of aliphatic hydroxyl groups is 1. The van der Waals surface area contributed by atoms with E-state index in [2.05, 4.69) is 0 Å². The molecule has 1 aliphatic heterocycles. The van der Waals surface area contributed by atoms with Crippen LogP contribution in [-0.2, 0) is 16.4 Å². The monoisotopic (exact) mass is 285 g/mol. The van der Waals surface area contributed by atoms with E-state index in [-0.39, 0.29) is 19.0 Å². The maximum Gasteiger partial charge on any atom is 0.416 e. The van der Waals surface area contributed by atoms with Gasteiger partial charge in [0.05, 0.1) is 17.1 Å². The van der Waals surface area contributed by atoms with Gasteiger partial charge in [0.15, 0.2) is 0 Å². The van der Waals surface area contributed by atoms with Gasteiger partial charge in [0, 0.05) is 13.1 Å². The lowest BCUT2D eigenvalue weighted by molar-refractivity contribution is -0.144. The fraction of sp³-hybridized carbons (Fsp3) is 0.500. The average Bonchev–Trinajstić information content (AvgIpc) is 3.15. The van der Waals surface area contributed by atoms with Crippen LogP contribution in [0.15, 0.2) is 24.3 Å². The fourth-order valence-corrected chi connectivity index (χ4v) is 2.67. The third-order valence-electron chi connectivity index (χ3n) is 4.05. The van der Waals surface area contributed by atoms with E-state index >= 15 is 0 Å². The van der Waals surface area contributed by atoms with Crippen molar-refractivity contribution in [3.05, 3.63) is 35.4 Å². The lowest BCUT2D eigenvalue weighted by atomic mass is 9.91. The second kappa shape index (κ2) is 4.22. The number of benzene rings is 1. The van der Waals surface area contributed by atoms with Gasteiger partial charge in [-0.05, 0) is 24.5 Å². The van der Waals surface area contributed by atoms with Gasteiger partial charge >= 0.3 is 6.18 Å². The minimum absolute atomic E-state index is 0.165. The summed E-state index contributed by atoms with van der Waals surface area (Å²) in [5.74, 6) is -0.165. The van der Waals surface area contributed by atoms with Crippen molar-refractivity contribution in [3.8, 4) is 0 Å². The molecule has 0 bridgehead atoms. The SMILES string of the molecule is O=C(N1CC(O)C1)C1(c2cccc(C(F)(F)F)c2)CC1. The third kappa shape index (κ3) is 2.08. The summed E-state index contributed by atoms with van der Waals surface area (Å²) < 4.78 is 38.2. The summed E-state index contributed by atoms with van der Waals surface area (Å²) in [7, 11) is 0. The zero-order valence-electron chi connectivity index (χ0n) is 10.7. The molecule has 1 N–H and O–H groups in total. The number of likely N-dealkylation sites (tertiary alicyclic amines) is 1. The Morgan fingerprint density at radius 2 is 1.95 bits per heavy atom. The van der Waals surface area contributed by atoms with Crippen LogP contribution in [0.4, 0.5) is 13.2 Å². The molecule has 1 amide bonds. The number of alkyl halides is 3. The standard InChI is InChI=1S/C14H14F3NO2/c15-14(16,17)10-3-1-2-9(6-10)13(4-5-13)12(20)18-7-11(19)8-18/h1-3,6,11,19H,4-5,7-8H2. The van der Waals surface area contributed by atoms with Gasteiger partial charge in [0.1, 0.15) is 0 Å². The van der Waals surface area contributed by atoms with Crippen LogP contribution in [0.2, 0.25) is 0 Å². The van der Waals surface area contributed by atoms with Crippen LogP contribution in [0.5, 0.6) is 0 Å². The highest BCUT2D eigenvalue weighted by Gasteiger charge is 2.54. The van der Waals surface area contributed by atoms with Gasteiger partial charge in [-0.1, -0.05) is 18.2 Å². The van der Waals surface area contributed by atoms with E-state index in [1.165, 1.54) is 11.0 Å². The lowest BCUT2D eigenvalue weighted by Gasteiger charge is -2.38. The third-order valence-corrected chi connectivity index (χ3v) is 4.05. The molecule has 6 heteroatoms. The molecule has 1 saturated heterocycles. The minimum atomic E-state index is -4.40. The highest BCUT2D eigenvalue weighted by atomic mass is 19.4. The number of β-amino-alcohol motifs (C(OH)–C–C–N with tert-alkyl or cyclic N) is 1. The van der Waals surface area contributed by atoms with Gasteiger partial charge in [-0.2, -0.15) is 13.2 Å². The first-order valence-electron chi connectivity index (χ1n) is 6.48. The molecular weight excluding hydrogens is 271 g/mol. The van der Waals surface area contributed by atoms with E-state index in [0.717, 1.165) is 12.1 Å².